The molecule has 0 saturated carbocycles. The van der Waals surface area contributed by atoms with Crippen LogP contribution in [-0.4, -0.2) is 66.5 Å². The first-order valence-corrected chi connectivity index (χ1v) is 10.5. The number of nitrogens with one attached hydrogen (secondary N) is 1. The summed E-state index contributed by atoms with van der Waals surface area (Å²) < 4.78 is 40.2. The number of anilines is 2. The second kappa shape index (κ2) is 8.74. The van der Waals surface area contributed by atoms with Gasteiger partial charge in [-0.3, -0.25) is 9.79 Å². The molecule has 2 heterocycles. The van der Waals surface area contributed by atoms with E-state index in [1.54, 1.807) is 11.8 Å². The van der Waals surface area contributed by atoms with Crippen molar-refractivity contribution in [3.05, 3.63) is 23.8 Å². The molecule has 2 aliphatic rings. The Morgan fingerprint density at radius 1 is 1.30 bits per heavy atom. The lowest BCUT2D eigenvalue weighted by Crippen LogP contribution is -2.44. The SMILES string of the molecule is CN1CCN(c2ccc(C(F)(F)F)cc2NC(=O)CSC2=NCCS2)CC1. The van der Waals surface area contributed by atoms with Crippen LogP contribution in [0.3, 0.4) is 0 Å². The Bertz CT molecular complexity index is 719. The third kappa shape index (κ3) is 5.55. The van der Waals surface area contributed by atoms with Crippen molar-refractivity contribution in [3.8, 4) is 0 Å². The summed E-state index contributed by atoms with van der Waals surface area (Å²) in [5.74, 6) is 0.708. The second-order valence-electron chi connectivity index (χ2n) is 6.35. The van der Waals surface area contributed by atoms with E-state index in [-0.39, 0.29) is 17.3 Å². The van der Waals surface area contributed by atoms with Crippen molar-refractivity contribution in [1.29, 1.82) is 0 Å². The number of amides is 1. The zero-order chi connectivity index (χ0) is 19.4. The Hall–Kier alpha value is -1.39. The lowest BCUT2D eigenvalue weighted by Gasteiger charge is -2.35. The zero-order valence-corrected chi connectivity index (χ0v) is 16.5. The first-order chi connectivity index (χ1) is 12.8. The highest BCUT2D eigenvalue weighted by Gasteiger charge is 2.32. The van der Waals surface area contributed by atoms with Crippen molar-refractivity contribution < 1.29 is 18.0 Å². The molecule has 0 unspecified atom stereocenters. The molecule has 3 rings (SSSR count). The minimum Gasteiger partial charge on any atom is -0.367 e. The van der Waals surface area contributed by atoms with E-state index < -0.39 is 11.7 Å². The quantitative estimate of drug-likeness (QED) is 0.814. The van der Waals surface area contributed by atoms with Gasteiger partial charge in [0.05, 0.1) is 29.2 Å². The minimum atomic E-state index is -4.45. The molecule has 2 aliphatic heterocycles. The van der Waals surface area contributed by atoms with Crippen molar-refractivity contribution >= 4 is 45.2 Å². The molecule has 5 nitrogen and oxygen atoms in total. The number of alkyl halides is 3. The fourth-order valence-electron chi connectivity index (χ4n) is 2.85. The molecule has 148 valence electrons. The number of benzene rings is 1. The molecule has 1 amide bonds. The lowest BCUT2D eigenvalue weighted by molar-refractivity contribution is -0.137. The Kier molecular flexibility index (Phi) is 6.59. The van der Waals surface area contributed by atoms with E-state index in [1.165, 1.54) is 17.8 Å². The Labute approximate surface area is 164 Å². The van der Waals surface area contributed by atoms with Gasteiger partial charge < -0.3 is 15.1 Å². The summed E-state index contributed by atoms with van der Waals surface area (Å²) in [5, 5.41) is 2.68. The molecule has 0 aliphatic carbocycles. The first kappa shape index (κ1) is 20.3. The molecule has 1 aromatic rings. The van der Waals surface area contributed by atoms with E-state index in [0.29, 0.717) is 18.8 Å². The minimum absolute atomic E-state index is 0.129. The van der Waals surface area contributed by atoms with Gasteiger partial charge in [0.1, 0.15) is 4.38 Å². The van der Waals surface area contributed by atoms with E-state index >= 15 is 0 Å². The average Bonchev–Trinajstić information content (AvgIpc) is 3.14. The van der Waals surface area contributed by atoms with E-state index in [2.05, 4.69) is 15.2 Å². The van der Waals surface area contributed by atoms with Gasteiger partial charge in [-0.05, 0) is 25.2 Å². The number of thioether (sulfide) groups is 2. The molecule has 0 aromatic heterocycles. The standard InChI is InChI=1S/C17H21F3N4OS2/c1-23-5-7-24(8-6-23)14-3-2-12(17(18,19)20)10-13(14)22-15(25)11-27-16-21-4-9-26-16/h2-3,10H,4-9,11H2,1H3,(H,22,25). The summed E-state index contributed by atoms with van der Waals surface area (Å²) in [6.45, 7) is 3.79. The summed E-state index contributed by atoms with van der Waals surface area (Å²) in [7, 11) is 2.01. The van der Waals surface area contributed by atoms with Crippen LogP contribution in [0.1, 0.15) is 5.56 Å². The molecule has 0 atom stereocenters. The summed E-state index contributed by atoms with van der Waals surface area (Å²) in [6, 6.07) is 3.55. The number of rotatable bonds is 4. The van der Waals surface area contributed by atoms with Crippen molar-refractivity contribution in [3.63, 3.8) is 0 Å². The highest BCUT2D eigenvalue weighted by molar-refractivity contribution is 8.39. The fourth-order valence-corrected chi connectivity index (χ4v) is 4.66. The number of hydrogen-bond acceptors (Lipinski definition) is 6. The van der Waals surface area contributed by atoms with Crippen molar-refractivity contribution in [1.82, 2.24) is 4.90 Å². The highest BCUT2D eigenvalue weighted by atomic mass is 32.2. The third-order valence-corrected chi connectivity index (χ3v) is 6.58. The number of nitrogens with zero attached hydrogens (tertiary/aromatic N) is 3. The van der Waals surface area contributed by atoms with Crippen molar-refractivity contribution in [2.45, 2.75) is 6.18 Å². The van der Waals surface area contributed by atoms with E-state index in [4.69, 9.17) is 0 Å². The second-order valence-corrected chi connectivity index (χ2v) is 8.66. The predicted octanol–water partition coefficient (Wildman–Crippen LogP) is 3.23. The largest absolute Gasteiger partial charge is 0.416 e. The molecule has 0 radical (unpaired) electrons. The van der Waals surface area contributed by atoms with Gasteiger partial charge in [-0.25, -0.2) is 0 Å². The van der Waals surface area contributed by atoms with Gasteiger partial charge in [0.25, 0.3) is 0 Å². The van der Waals surface area contributed by atoms with Crippen LogP contribution in [0.25, 0.3) is 0 Å². The monoisotopic (exact) mass is 418 g/mol. The van der Waals surface area contributed by atoms with Crippen LogP contribution in [0.15, 0.2) is 23.2 Å². The van der Waals surface area contributed by atoms with Gasteiger partial charge in [0, 0.05) is 31.9 Å². The van der Waals surface area contributed by atoms with Gasteiger partial charge in [-0.1, -0.05) is 23.5 Å². The summed E-state index contributed by atoms with van der Waals surface area (Å²) >= 11 is 2.92. The van der Waals surface area contributed by atoms with Crippen LogP contribution < -0.4 is 10.2 Å². The molecule has 0 spiro atoms. The number of hydrogen-bond donors (Lipinski definition) is 1. The number of carbonyl (C=O) groups excluding carboxylic acids is 1. The topological polar surface area (TPSA) is 47.9 Å². The number of likely N-dealkylation sites (N-methyl/N-ethyl adjacent to an activating group) is 1. The van der Waals surface area contributed by atoms with E-state index in [0.717, 1.165) is 41.9 Å². The van der Waals surface area contributed by atoms with Crippen LogP contribution >= 0.6 is 23.5 Å². The number of carbonyl (C=O) groups is 1. The maximum absolute atomic E-state index is 13.1. The molecule has 1 aromatic carbocycles. The van der Waals surface area contributed by atoms with Crippen molar-refractivity contribution in [2.75, 3.05) is 61.5 Å². The van der Waals surface area contributed by atoms with Gasteiger partial charge >= 0.3 is 6.18 Å². The number of piperazine rings is 1. The zero-order valence-electron chi connectivity index (χ0n) is 14.9. The highest BCUT2D eigenvalue weighted by Crippen LogP contribution is 2.36. The van der Waals surface area contributed by atoms with Gasteiger partial charge in [0.2, 0.25) is 5.91 Å². The van der Waals surface area contributed by atoms with Gasteiger partial charge in [-0.2, -0.15) is 13.2 Å². The Morgan fingerprint density at radius 2 is 2.04 bits per heavy atom. The predicted molar refractivity (Wildman–Crippen MR) is 107 cm³/mol. The molecular weight excluding hydrogens is 397 g/mol. The molecule has 1 N–H and O–H groups in total. The van der Waals surface area contributed by atoms with Gasteiger partial charge in [0.15, 0.2) is 0 Å². The molecule has 10 heteroatoms. The van der Waals surface area contributed by atoms with Crippen molar-refractivity contribution in [2.24, 2.45) is 4.99 Å². The van der Waals surface area contributed by atoms with Crippen LogP contribution in [0, 0.1) is 0 Å². The van der Waals surface area contributed by atoms with E-state index in [9.17, 15) is 18.0 Å². The summed E-state index contributed by atoms with van der Waals surface area (Å²) in [5.41, 5.74) is 0.0714. The van der Waals surface area contributed by atoms with Crippen LogP contribution in [0.5, 0.6) is 0 Å². The van der Waals surface area contributed by atoms with Crippen LogP contribution in [0.2, 0.25) is 0 Å². The average molecular weight is 419 g/mol. The molecule has 1 fully saturated rings. The summed E-state index contributed by atoms with van der Waals surface area (Å²) in [4.78, 5) is 20.7. The molecule has 0 bridgehead atoms. The smallest absolute Gasteiger partial charge is 0.367 e. The fraction of sp³-hybridized carbons (Fsp3) is 0.529. The molecule has 27 heavy (non-hydrogen) atoms. The number of halogens is 3. The van der Waals surface area contributed by atoms with Crippen LogP contribution in [-0.2, 0) is 11.0 Å². The first-order valence-electron chi connectivity index (χ1n) is 8.57. The maximum Gasteiger partial charge on any atom is 0.416 e. The summed E-state index contributed by atoms with van der Waals surface area (Å²) in [6.07, 6.45) is -4.45. The molecule has 1 saturated heterocycles. The van der Waals surface area contributed by atoms with Crippen LogP contribution in [0.4, 0.5) is 24.5 Å². The molecular formula is C17H21F3N4OS2. The van der Waals surface area contributed by atoms with Gasteiger partial charge in [-0.15, -0.1) is 0 Å². The van der Waals surface area contributed by atoms with E-state index in [1.807, 2.05) is 11.9 Å². The Morgan fingerprint density at radius 3 is 2.67 bits per heavy atom. The normalized spacial score (nSPS) is 18.5. The Balaban J connectivity index is 1.75. The third-order valence-electron chi connectivity index (χ3n) is 4.33. The number of aliphatic imine (C=N–C) groups is 1. The maximum atomic E-state index is 13.1. The lowest BCUT2D eigenvalue weighted by atomic mass is 10.1.